The Labute approximate surface area is 150 Å². The van der Waals surface area contributed by atoms with E-state index in [4.69, 9.17) is 10.5 Å². The summed E-state index contributed by atoms with van der Waals surface area (Å²) < 4.78 is 72.7. The zero-order chi connectivity index (χ0) is 20.4. The Hall–Kier alpha value is -1.99. The van der Waals surface area contributed by atoms with E-state index in [1.54, 1.807) is 0 Å². The summed E-state index contributed by atoms with van der Waals surface area (Å²) in [5.74, 6) is -0.281. The van der Waals surface area contributed by atoms with Gasteiger partial charge in [0.1, 0.15) is 30.4 Å². The number of fused-ring (bicyclic) bond motifs is 1. The van der Waals surface area contributed by atoms with E-state index in [2.05, 4.69) is 15.0 Å². The highest BCUT2D eigenvalue weighted by molar-refractivity contribution is 7.91. The third-order valence-electron chi connectivity index (χ3n) is 4.12. The van der Waals surface area contributed by atoms with Gasteiger partial charge in [-0.1, -0.05) is 0 Å². The summed E-state index contributed by atoms with van der Waals surface area (Å²) in [6.45, 7) is -1.19. The second kappa shape index (κ2) is 5.75. The number of rotatable bonds is 4. The molecule has 4 atom stereocenters. The fourth-order valence-electron chi connectivity index (χ4n) is 2.91. The van der Waals surface area contributed by atoms with Crippen LogP contribution in [0.1, 0.15) is 0 Å². The number of aliphatic hydroxyl groups excluding tert-OH is 2. The minimum Gasteiger partial charge on any atom is -0.394 e. The fourth-order valence-corrected chi connectivity index (χ4v) is 5.59. The highest BCUT2D eigenvalue weighted by atomic mass is 32.2. The number of anilines is 1. The molecule has 1 aliphatic rings. The van der Waals surface area contributed by atoms with Crippen LogP contribution in [0.15, 0.2) is 12.7 Å². The van der Waals surface area contributed by atoms with Crippen LogP contribution >= 0.6 is 0 Å². The van der Waals surface area contributed by atoms with Crippen LogP contribution in [0.3, 0.4) is 0 Å². The Kier molecular flexibility index (Phi) is 4.21. The topological polar surface area (TPSA) is 248 Å². The molecule has 1 aliphatic heterocycles. The molecule has 0 aliphatic carbocycles. The zero-order valence-corrected chi connectivity index (χ0v) is 14.6. The SMILES string of the molecule is Nc1ncnc2c1ncn2[C@]1(S(=O)(=O)O)O[C@H](CO)[C@@H](O)[C@]1(O)S(=O)(=O)O. The van der Waals surface area contributed by atoms with Gasteiger partial charge in [0.05, 0.1) is 6.61 Å². The van der Waals surface area contributed by atoms with Crippen LogP contribution in [0.2, 0.25) is 0 Å². The number of aromatic nitrogens is 4. The molecule has 0 bridgehead atoms. The molecule has 0 radical (unpaired) electrons. The normalized spacial score (nSPS) is 32.2. The van der Waals surface area contributed by atoms with Gasteiger partial charge in [-0.2, -0.15) is 16.8 Å². The summed E-state index contributed by atoms with van der Waals surface area (Å²) in [5.41, 5.74) is 4.75. The number of ether oxygens (including phenoxy) is 1. The second-order valence-corrected chi connectivity index (χ2v) is 8.63. The number of hydrogen-bond donors (Lipinski definition) is 6. The van der Waals surface area contributed by atoms with Crippen molar-refractivity contribution in [2.24, 2.45) is 0 Å². The standard InChI is InChI=1S/C10H13N5O10S2/c11-7-5-8(13-2-12-7)15(3-14-5)10(27(22,23)24)9(18,26(19,20)21)6(17)4(1-16)25-10/h2-4,6,16-18H,1H2,(H2,11,12,13)(H,19,20,21)(H,22,23,24)/t4-,6-,9+,10+/m1/s1. The van der Waals surface area contributed by atoms with Crippen molar-refractivity contribution in [2.45, 2.75) is 22.2 Å². The van der Waals surface area contributed by atoms with Gasteiger partial charge in [0.25, 0.3) is 4.93 Å². The van der Waals surface area contributed by atoms with E-state index >= 15 is 0 Å². The molecule has 150 valence electrons. The van der Waals surface area contributed by atoms with Gasteiger partial charge in [0.2, 0.25) is 0 Å². The number of aliphatic hydroxyl groups is 3. The Morgan fingerprint density at radius 3 is 2.33 bits per heavy atom. The summed E-state index contributed by atoms with van der Waals surface area (Å²) in [4.78, 5) is 6.81. The van der Waals surface area contributed by atoms with E-state index in [1.807, 2.05) is 0 Å². The zero-order valence-electron chi connectivity index (χ0n) is 13.0. The highest BCUT2D eigenvalue weighted by Crippen LogP contribution is 2.50. The first-order chi connectivity index (χ1) is 12.3. The molecule has 1 fully saturated rings. The minimum absolute atomic E-state index is 0.238. The van der Waals surface area contributed by atoms with Crippen molar-refractivity contribution >= 4 is 37.2 Å². The molecular formula is C10H13N5O10S2. The van der Waals surface area contributed by atoms with Gasteiger partial charge >= 0.3 is 25.3 Å². The molecule has 15 nitrogen and oxygen atoms in total. The lowest BCUT2D eigenvalue weighted by Gasteiger charge is -2.36. The quantitative estimate of drug-likeness (QED) is 0.256. The average Bonchev–Trinajstić information content (AvgIpc) is 3.07. The Bertz CT molecular complexity index is 1120. The van der Waals surface area contributed by atoms with Crippen LogP contribution in [0.25, 0.3) is 11.2 Å². The summed E-state index contributed by atoms with van der Waals surface area (Å²) in [7, 11) is -11.7. The maximum absolute atomic E-state index is 12.2. The van der Waals surface area contributed by atoms with Crippen molar-refractivity contribution in [3.05, 3.63) is 12.7 Å². The first kappa shape index (κ1) is 19.8. The highest BCUT2D eigenvalue weighted by Gasteiger charge is 2.79. The van der Waals surface area contributed by atoms with Gasteiger partial charge < -0.3 is 25.8 Å². The number of nitrogen functional groups attached to an aromatic ring is 1. The summed E-state index contributed by atoms with van der Waals surface area (Å²) in [6, 6.07) is 0. The first-order valence-electron chi connectivity index (χ1n) is 6.90. The smallest absolute Gasteiger partial charge is 0.327 e. The number of imidazole rings is 1. The molecule has 1 saturated heterocycles. The molecular weight excluding hydrogens is 414 g/mol. The number of hydrogen-bond acceptors (Lipinski definition) is 12. The van der Waals surface area contributed by atoms with Crippen LogP contribution in [-0.2, 0) is 30.0 Å². The summed E-state index contributed by atoms with van der Waals surface area (Å²) in [6.07, 6.45) is -3.37. The van der Waals surface area contributed by atoms with Gasteiger partial charge in [0.15, 0.2) is 11.5 Å². The molecule has 0 spiro atoms. The lowest BCUT2D eigenvalue weighted by atomic mass is 10.1. The van der Waals surface area contributed by atoms with Crippen molar-refractivity contribution in [3.8, 4) is 0 Å². The van der Waals surface area contributed by atoms with Crippen LogP contribution in [-0.4, -0.2) is 84.5 Å². The third kappa shape index (κ3) is 2.31. The van der Waals surface area contributed by atoms with E-state index in [9.17, 15) is 41.3 Å². The van der Waals surface area contributed by atoms with Gasteiger partial charge in [-0.15, -0.1) is 0 Å². The molecule has 0 saturated carbocycles. The molecule has 3 rings (SSSR count). The van der Waals surface area contributed by atoms with E-state index < -0.39 is 54.7 Å². The molecule has 7 N–H and O–H groups in total. The van der Waals surface area contributed by atoms with Crippen molar-refractivity contribution in [3.63, 3.8) is 0 Å². The van der Waals surface area contributed by atoms with Crippen molar-refractivity contribution in [1.82, 2.24) is 19.5 Å². The molecule has 0 unspecified atom stereocenters. The molecule has 17 heteroatoms. The second-order valence-electron chi connectivity index (χ2n) is 5.56. The van der Waals surface area contributed by atoms with Crippen LogP contribution in [0.4, 0.5) is 5.82 Å². The van der Waals surface area contributed by atoms with Gasteiger partial charge in [0, 0.05) is 0 Å². The molecule has 2 aromatic heterocycles. The maximum atomic E-state index is 12.2. The Balaban J connectivity index is 2.52. The first-order valence-corrected chi connectivity index (χ1v) is 9.78. The lowest BCUT2D eigenvalue weighted by molar-refractivity contribution is -0.105. The van der Waals surface area contributed by atoms with Crippen molar-refractivity contribution in [2.75, 3.05) is 12.3 Å². The van der Waals surface area contributed by atoms with Gasteiger partial charge in [-0.05, 0) is 0 Å². The van der Waals surface area contributed by atoms with Crippen molar-refractivity contribution < 1.29 is 46.0 Å². The van der Waals surface area contributed by atoms with Crippen molar-refractivity contribution in [1.29, 1.82) is 0 Å². The number of nitrogens with zero attached hydrogens (tertiary/aromatic N) is 4. The predicted octanol–water partition coefficient (Wildman–Crippen LogP) is -3.76. The van der Waals surface area contributed by atoms with E-state index in [0.717, 1.165) is 6.33 Å². The average molecular weight is 427 g/mol. The molecule has 27 heavy (non-hydrogen) atoms. The maximum Gasteiger partial charge on any atom is 0.327 e. The monoisotopic (exact) mass is 427 g/mol. The van der Waals surface area contributed by atoms with Gasteiger partial charge in [-0.25, -0.2) is 15.0 Å². The van der Waals surface area contributed by atoms with E-state index in [1.165, 1.54) is 0 Å². The van der Waals surface area contributed by atoms with E-state index in [0.29, 0.717) is 6.33 Å². The molecule has 0 amide bonds. The number of nitrogens with two attached hydrogens (primary N) is 1. The summed E-state index contributed by atoms with van der Waals surface area (Å²) >= 11 is 0. The van der Waals surface area contributed by atoms with Crippen LogP contribution in [0.5, 0.6) is 0 Å². The fraction of sp³-hybridized carbons (Fsp3) is 0.500. The predicted molar refractivity (Wildman–Crippen MR) is 83.7 cm³/mol. The third-order valence-corrected chi connectivity index (χ3v) is 6.86. The Morgan fingerprint density at radius 1 is 1.19 bits per heavy atom. The molecule has 3 heterocycles. The minimum atomic E-state index is -5.88. The largest absolute Gasteiger partial charge is 0.394 e. The molecule has 0 aromatic carbocycles. The van der Waals surface area contributed by atoms with Crippen LogP contribution in [0, 0.1) is 0 Å². The Morgan fingerprint density at radius 2 is 1.81 bits per heavy atom. The van der Waals surface area contributed by atoms with Gasteiger partial charge in [-0.3, -0.25) is 13.7 Å². The molecule has 2 aromatic rings. The van der Waals surface area contributed by atoms with E-state index in [-0.39, 0.29) is 15.9 Å². The lowest BCUT2D eigenvalue weighted by Crippen LogP contribution is -2.65. The summed E-state index contributed by atoms with van der Waals surface area (Å²) in [5, 5.41) is 26.3. The van der Waals surface area contributed by atoms with Crippen LogP contribution < -0.4 is 5.73 Å².